The summed E-state index contributed by atoms with van der Waals surface area (Å²) < 4.78 is 0. The Kier molecular flexibility index (Phi) is 18.1. The van der Waals surface area contributed by atoms with Gasteiger partial charge in [0.15, 0.2) is 0 Å². The molecule has 0 bridgehead atoms. The van der Waals surface area contributed by atoms with Gasteiger partial charge >= 0.3 is 0 Å². The zero-order chi connectivity index (χ0) is 75.7. The van der Waals surface area contributed by atoms with E-state index in [-0.39, 0.29) is 0 Å². The second-order valence-corrected chi connectivity index (χ2v) is 29.4. The van der Waals surface area contributed by atoms with Gasteiger partial charge in [0.2, 0.25) is 0 Å². The molecule has 0 spiro atoms. The second-order valence-electron chi connectivity index (χ2n) is 29.4. The van der Waals surface area contributed by atoms with E-state index in [2.05, 4.69) is 471 Å². The Morgan fingerprint density at radius 3 is 0.596 bits per heavy atom. The summed E-state index contributed by atoms with van der Waals surface area (Å²) >= 11 is 0. The van der Waals surface area contributed by atoms with Crippen molar-refractivity contribution in [3.8, 4) is 122 Å². The topological polar surface area (TPSA) is 6.48 Å². The van der Waals surface area contributed by atoms with Crippen molar-refractivity contribution in [2.24, 2.45) is 0 Å². The first-order valence-corrected chi connectivity index (χ1v) is 39.3. The van der Waals surface area contributed by atoms with Gasteiger partial charge in [0.25, 0.3) is 0 Å². The number of para-hydroxylation sites is 1. The van der Waals surface area contributed by atoms with Crippen LogP contribution >= 0.6 is 0 Å². The van der Waals surface area contributed by atoms with Crippen molar-refractivity contribution in [2.75, 3.05) is 9.80 Å². The molecular weight excluding hydrogens is 1370 g/mol. The fraction of sp³-hybridized carbons (Fsp3) is 0. The molecule has 0 aliphatic heterocycles. The minimum atomic E-state index is 1.05. The Morgan fingerprint density at radius 2 is 0.281 bits per heavy atom. The highest BCUT2D eigenvalue weighted by Gasteiger charge is 2.27. The van der Waals surface area contributed by atoms with Gasteiger partial charge in [0.1, 0.15) is 0 Å². The second kappa shape index (κ2) is 30.1. The van der Waals surface area contributed by atoms with Crippen molar-refractivity contribution >= 4 is 77.2 Å². The van der Waals surface area contributed by atoms with Gasteiger partial charge in [-0.2, -0.15) is 0 Å². The average Bonchev–Trinajstić information content (AvgIpc) is 0.731. The first-order chi connectivity index (χ1) is 56.5. The van der Waals surface area contributed by atoms with Gasteiger partial charge < -0.3 is 9.80 Å². The van der Waals surface area contributed by atoms with Crippen molar-refractivity contribution in [1.82, 2.24) is 0 Å². The van der Waals surface area contributed by atoms with Crippen LogP contribution in [0.15, 0.2) is 461 Å². The molecule has 534 valence electrons. The Bertz CT molecular complexity index is 6860. The highest BCUT2D eigenvalue weighted by molar-refractivity contribution is 6.24. The summed E-state index contributed by atoms with van der Waals surface area (Å²) in [5.41, 5.74) is 32.2. The van der Waals surface area contributed by atoms with Crippen LogP contribution < -0.4 is 9.80 Å². The number of hydrogen-bond acceptors (Lipinski definition) is 2. The maximum atomic E-state index is 2.50. The van der Waals surface area contributed by atoms with Crippen LogP contribution in [-0.2, 0) is 0 Å². The minimum absolute atomic E-state index is 1.05. The maximum absolute atomic E-state index is 2.50. The van der Waals surface area contributed by atoms with Crippen LogP contribution in [-0.4, -0.2) is 0 Å². The van der Waals surface area contributed by atoms with Crippen LogP contribution in [0.3, 0.4) is 0 Å². The van der Waals surface area contributed by atoms with Gasteiger partial charge in [0, 0.05) is 44.6 Å². The highest BCUT2D eigenvalue weighted by atomic mass is 15.2. The van der Waals surface area contributed by atoms with Crippen LogP contribution in [0, 0.1) is 0 Å². The van der Waals surface area contributed by atoms with E-state index < -0.39 is 0 Å². The molecule has 0 aliphatic carbocycles. The number of anilines is 6. The molecule has 0 N–H and O–H groups in total. The first-order valence-electron chi connectivity index (χ1n) is 39.3. The predicted molar refractivity (Wildman–Crippen MR) is 486 cm³/mol. The molecule has 20 rings (SSSR count). The monoisotopic (exact) mass is 1450 g/mol. The lowest BCUT2D eigenvalue weighted by Crippen LogP contribution is -2.12. The molecule has 0 amide bonds. The van der Waals surface area contributed by atoms with Gasteiger partial charge in [-0.15, -0.1) is 0 Å². The van der Waals surface area contributed by atoms with Gasteiger partial charge in [-0.05, 0) is 210 Å². The van der Waals surface area contributed by atoms with E-state index >= 15 is 0 Å². The van der Waals surface area contributed by atoms with Crippen molar-refractivity contribution < 1.29 is 0 Å². The van der Waals surface area contributed by atoms with Crippen LogP contribution in [0.4, 0.5) is 34.1 Å². The molecule has 20 aromatic rings. The molecule has 114 heavy (non-hydrogen) atoms. The number of fused-ring (bicyclic) bond motifs is 6. The third kappa shape index (κ3) is 13.1. The fourth-order valence-electron chi connectivity index (χ4n) is 17.0. The summed E-state index contributed by atoms with van der Waals surface area (Å²) in [7, 11) is 0. The summed E-state index contributed by atoms with van der Waals surface area (Å²) in [6.07, 6.45) is 0. The lowest BCUT2D eigenvalue weighted by atomic mass is 9.88. The van der Waals surface area contributed by atoms with Crippen molar-refractivity contribution in [1.29, 1.82) is 0 Å². The third-order valence-corrected chi connectivity index (χ3v) is 22.7. The number of hydrogen-bond donors (Lipinski definition) is 0. The molecular formula is C112H76N2. The first kappa shape index (κ1) is 68.3. The molecule has 0 fully saturated rings. The number of nitrogens with zero attached hydrogens (tertiary/aromatic N) is 2. The largest absolute Gasteiger partial charge is 0.309 e. The molecule has 0 heterocycles. The van der Waals surface area contributed by atoms with E-state index in [1.54, 1.807) is 0 Å². The molecule has 2 heteroatoms. The Hall–Kier alpha value is -15.0. The maximum Gasteiger partial charge on any atom is 0.0624 e. The number of rotatable bonds is 17. The SMILES string of the molecule is c1ccc(-c2ccc(-c3ccc(-c4ccc(N(c5ccc(-c6cccc(-c7cccc(-c8c(N(c9ccccc9)c9ccc(-c%10ccc(-c%11cccc(-c%12ccccc%12)c%11)cc%10)cc9)c9ccccc9c9ccccc89)c7)c6)cc5)c5c(-c6ccc(-c7ccccc7)cc6)c6ccccc6c6ccccc56)cc4)cc3)cc2)cc1. The predicted octanol–water partition coefficient (Wildman–Crippen LogP) is 31.6. The summed E-state index contributed by atoms with van der Waals surface area (Å²) in [5.74, 6) is 0. The summed E-state index contributed by atoms with van der Waals surface area (Å²) in [6, 6.07) is 169. The van der Waals surface area contributed by atoms with Gasteiger partial charge in [-0.3, -0.25) is 0 Å². The van der Waals surface area contributed by atoms with E-state index in [1.165, 1.54) is 110 Å². The van der Waals surface area contributed by atoms with E-state index in [1.807, 2.05) is 0 Å². The fourth-order valence-corrected chi connectivity index (χ4v) is 17.0. The van der Waals surface area contributed by atoms with E-state index in [9.17, 15) is 0 Å². The molecule has 20 aromatic carbocycles. The van der Waals surface area contributed by atoms with Crippen molar-refractivity contribution in [2.45, 2.75) is 0 Å². The average molecular weight is 1450 g/mol. The van der Waals surface area contributed by atoms with E-state index in [0.29, 0.717) is 0 Å². The molecule has 0 radical (unpaired) electrons. The van der Waals surface area contributed by atoms with Crippen molar-refractivity contribution in [3.05, 3.63) is 461 Å². The van der Waals surface area contributed by atoms with Crippen LogP contribution in [0.25, 0.3) is 165 Å². The molecule has 0 aromatic heterocycles. The van der Waals surface area contributed by atoms with Gasteiger partial charge in [0.05, 0.1) is 11.4 Å². The zero-order valence-electron chi connectivity index (χ0n) is 62.8. The molecule has 0 saturated heterocycles. The summed E-state index contributed by atoms with van der Waals surface area (Å²) in [5, 5.41) is 9.54. The lowest BCUT2D eigenvalue weighted by Gasteiger charge is -2.31. The Morgan fingerprint density at radius 1 is 0.105 bits per heavy atom. The van der Waals surface area contributed by atoms with Crippen LogP contribution in [0.2, 0.25) is 0 Å². The van der Waals surface area contributed by atoms with Gasteiger partial charge in [-0.1, -0.05) is 394 Å². The quantitative estimate of drug-likeness (QED) is 0.0839. The highest BCUT2D eigenvalue weighted by Crippen LogP contribution is 2.53. The normalized spacial score (nSPS) is 11.3. The van der Waals surface area contributed by atoms with Gasteiger partial charge in [-0.25, -0.2) is 0 Å². The molecule has 2 nitrogen and oxygen atoms in total. The minimum Gasteiger partial charge on any atom is -0.309 e. The molecule has 0 aliphatic rings. The van der Waals surface area contributed by atoms with E-state index in [0.717, 1.165) is 89.8 Å². The van der Waals surface area contributed by atoms with Crippen LogP contribution in [0.1, 0.15) is 0 Å². The summed E-state index contributed by atoms with van der Waals surface area (Å²) in [4.78, 5) is 4.97. The standard InChI is InChI=1S/C112H76N2/c1-5-24-77(25-6-1)80-46-48-82(49-47-80)83-50-52-84(53-51-83)86-64-70-99(71-65-86)114(111-107-44-19-15-40-103(107)101-38-13-17-42-105(101)109(111)90-60-58-81(59-61-90)78-26-7-2-8-27-78)100-72-66-89(67-73-100)93-32-22-33-94(75-93)95-34-23-35-96(76-95)110-106-43-18-14-39-102(106)104-41-16-20-45-108(104)112(110)113(97-36-11-4-12-37-97)98-68-62-87(63-69-98)85-54-56-88(57-55-85)92-31-21-30-91(74-92)79-28-9-3-10-29-79/h1-76H. The molecule has 0 saturated carbocycles. The number of benzene rings is 20. The molecule has 0 unspecified atom stereocenters. The van der Waals surface area contributed by atoms with Crippen molar-refractivity contribution in [3.63, 3.8) is 0 Å². The molecule has 0 atom stereocenters. The zero-order valence-corrected chi connectivity index (χ0v) is 62.8. The summed E-state index contributed by atoms with van der Waals surface area (Å²) in [6.45, 7) is 0. The smallest absolute Gasteiger partial charge is 0.0624 e. The Labute approximate surface area is 666 Å². The van der Waals surface area contributed by atoms with Crippen LogP contribution in [0.5, 0.6) is 0 Å². The Balaban J connectivity index is 0.666. The van der Waals surface area contributed by atoms with E-state index in [4.69, 9.17) is 0 Å². The third-order valence-electron chi connectivity index (χ3n) is 22.7. The lowest BCUT2D eigenvalue weighted by molar-refractivity contribution is 1.30.